The molecule has 0 spiro atoms. The molecule has 2 aromatic rings. The minimum Gasteiger partial charge on any atom is -0.493 e. The van der Waals surface area contributed by atoms with Crippen LogP contribution >= 0.6 is 0 Å². The van der Waals surface area contributed by atoms with E-state index in [-0.39, 0.29) is 0 Å². The van der Waals surface area contributed by atoms with Gasteiger partial charge in [0.1, 0.15) is 5.75 Å². The molecule has 4 nitrogen and oxygen atoms in total. The Morgan fingerprint density at radius 3 is 3.24 bits per heavy atom. The molecule has 4 heteroatoms. The number of aromatic amines is 1. The highest BCUT2D eigenvalue weighted by Crippen LogP contribution is 2.29. The van der Waals surface area contributed by atoms with Gasteiger partial charge in [0.2, 0.25) is 0 Å². The summed E-state index contributed by atoms with van der Waals surface area (Å²) in [5.74, 6) is 1.01. The largest absolute Gasteiger partial charge is 0.493 e. The van der Waals surface area contributed by atoms with E-state index in [4.69, 9.17) is 4.74 Å². The summed E-state index contributed by atoms with van der Waals surface area (Å²) in [6.45, 7) is 1.60. The van der Waals surface area contributed by atoms with Crippen LogP contribution in [0.4, 0.5) is 0 Å². The van der Waals surface area contributed by atoms with Crippen molar-refractivity contribution in [2.75, 3.05) is 13.7 Å². The lowest BCUT2D eigenvalue weighted by molar-refractivity contribution is 0.357. The van der Waals surface area contributed by atoms with E-state index in [9.17, 15) is 0 Å². The van der Waals surface area contributed by atoms with E-state index >= 15 is 0 Å². The summed E-state index contributed by atoms with van der Waals surface area (Å²) in [5.41, 5.74) is 4.51. The second-order valence-corrected chi connectivity index (χ2v) is 4.23. The molecule has 0 saturated carbocycles. The van der Waals surface area contributed by atoms with Crippen LogP contribution in [-0.4, -0.2) is 23.9 Å². The Balaban J connectivity index is 1.92. The lowest BCUT2D eigenvalue weighted by Crippen LogP contribution is -2.04. The molecule has 1 aliphatic rings. The smallest absolute Gasteiger partial charge is 0.122 e. The third kappa shape index (κ3) is 1.91. The number of aromatic nitrogens is 2. The fraction of sp³-hybridized carbons (Fsp3) is 0.308. The SMILES string of the molecule is CNCc1cc(-c2ccc3c(c2)CCO3)n[nH]1. The number of nitrogens with one attached hydrogen (secondary N) is 2. The quantitative estimate of drug-likeness (QED) is 0.842. The molecule has 1 aromatic heterocycles. The average Bonchev–Trinajstić information content (AvgIpc) is 2.96. The van der Waals surface area contributed by atoms with Gasteiger partial charge in [-0.2, -0.15) is 5.10 Å². The van der Waals surface area contributed by atoms with Gasteiger partial charge in [-0.15, -0.1) is 0 Å². The van der Waals surface area contributed by atoms with Crippen molar-refractivity contribution >= 4 is 0 Å². The highest BCUT2D eigenvalue weighted by Gasteiger charge is 2.13. The zero-order valence-corrected chi connectivity index (χ0v) is 9.79. The summed E-state index contributed by atoms with van der Waals surface area (Å²) in [7, 11) is 1.92. The Labute approximate surface area is 100 Å². The van der Waals surface area contributed by atoms with E-state index in [1.165, 1.54) is 5.56 Å². The third-order valence-corrected chi connectivity index (χ3v) is 2.98. The average molecular weight is 229 g/mol. The molecule has 0 aliphatic carbocycles. The van der Waals surface area contributed by atoms with Gasteiger partial charge in [0, 0.05) is 24.2 Å². The summed E-state index contributed by atoms with van der Waals surface area (Å²) in [6, 6.07) is 8.34. The maximum absolute atomic E-state index is 5.49. The normalized spacial score (nSPS) is 13.5. The predicted octanol–water partition coefficient (Wildman–Crippen LogP) is 1.73. The van der Waals surface area contributed by atoms with Crippen LogP contribution in [0.25, 0.3) is 11.3 Å². The van der Waals surface area contributed by atoms with Gasteiger partial charge in [0.25, 0.3) is 0 Å². The molecule has 0 radical (unpaired) electrons. The van der Waals surface area contributed by atoms with E-state index in [1.54, 1.807) is 0 Å². The minimum absolute atomic E-state index is 0.796. The van der Waals surface area contributed by atoms with E-state index in [0.717, 1.165) is 42.3 Å². The van der Waals surface area contributed by atoms with Gasteiger partial charge in [0.15, 0.2) is 0 Å². The maximum Gasteiger partial charge on any atom is 0.122 e. The number of nitrogens with zero attached hydrogens (tertiary/aromatic N) is 1. The van der Waals surface area contributed by atoms with Gasteiger partial charge in [-0.05, 0) is 36.9 Å². The first-order chi connectivity index (χ1) is 8.36. The van der Waals surface area contributed by atoms with Crippen LogP contribution in [0.15, 0.2) is 24.3 Å². The molecule has 17 heavy (non-hydrogen) atoms. The number of fused-ring (bicyclic) bond motifs is 1. The fourth-order valence-electron chi connectivity index (χ4n) is 2.14. The summed E-state index contributed by atoms with van der Waals surface area (Å²) in [5, 5.41) is 10.5. The topological polar surface area (TPSA) is 49.9 Å². The van der Waals surface area contributed by atoms with E-state index < -0.39 is 0 Å². The highest BCUT2D eigenvalue weighted by atomic mass is 16.5. The van der Waals surface area contributed by atoms with Gasteiger partial charge in [-0.25, -0.2) is 0 Å². The van der Waals surface area contributed by atoms with Crippen molar-refractivity contribution in [2.24, 2.45) is 0 Å². The van der Waals surface area contributed by atoms with Crippen LogP contribution in [-0.2, 0) is 13.0 Å². The van der Waals surface area contributed by atoms with Crippen molar-refractivity contribution in [3.63, 3.8) is 0 Å². The Morgan fingerprint density at radius 1 is 1.41 bits per heavy atom. The highest BCUT2D eigenvalue weighted by molar-refractivity contribution is 5.62. The Morgan fingerprint density at radius 2 is 2.35 bits per heavy atom. The minimum atomic E-state index is 0.796. The van der Waals surface area contributed by atoms with Gasteiger partial charge in [0.05, 0.1) is 12.3 Å². The van der Waals surface area contributed by atoms with Crippen LogP contribution in [0.1, 0.15) is 11.3 Å². The molecule has 0 fully saturated rings. The molecule has 1 aromatic carbocycles. The second kappa shape index (κ2) is 4.22. The van der Waals surface area contributed by atoms with Crippen molar-refractivity contribution in [3.05, 3.63) is 35.5 Å². The summed E-state index contributed by atoms with van der Waals surface area (Å²) in [4.78, 5) is 0. The molecule has 2 heterocycles. The van der Waals surface area contributed by atoms with E-state index in [1.807, 2.05) is 13.1 Å². The number of ether oxygens (including phenoxy) is 1. The van der Waals surface area contributed by atoms with Crippen molar-refractivity contribution in [2.45, 2.75) is 13.0 Å². The Bertz CT molecular complexity index is 533. The maximum atomic E-state index is 5.49. The molecule has 0 atom stereocenters. The standard InChI is InChI=1S/C13H15N3O/c1-14-8-11-7-12(16-15-11)9-2-3-13-10(6-9)4-5-17-13/h2-3,6-7,14H,4-5,8H2,1H3,(H,15,16). The number of hydrogen-bond acceptors (Lipinski definition) is 3. The van der Waals surface area contributed by atoms with Crippen LogP contribution in [0.5, 0.6) is 5.75 Å². The molecule has 2 N–H and O–H groups in total. The first-order valence-corrected chi connectivity index (χ1v) is 5.82. The molecular weight excluding hydrogens is 214 g/mol. The molecule has 3 rings (SSSR count). The fourth-order valence-corrected chi connectivity index (χ4v) is 2.14. The van der Waals surface area contributed by atoms with Crippen LogP contribution in [0, 0.1) is 0 Å². The second-order valence-electron chi connectivity index (χ2n) is 4.23. The zero-order valence-electron chi connectivity index (χ0n) is 9.79. The van der Waals surface area contributed by atoms with Crippen molar-refractivity contribution < 1.29 is 4.74 Å². The lowest BCUT2D eigenvalue weighted by atomic mass is 10.1. The number of H-pyrrole nitrogens is 1. The summed E-state index contributed by atoms with van der Waals surface area (Å²) >= 11 is 0. The lowest BCUT2D eigenvalue weighted by Gasteiger charge is -2.00. The molecule has 0 unspecified atom stereocenters. The molecule has 0 bridgehead atoms. The molecule has 88 valence electrons. The Hall–Kier alpha value is -1.81. The van der Waals surface area contributed by atoms with Gasteiger partial charge < -0.3 is 10.1 Å². The van der Waals surface area contributed by atoms with E-state index in [2.05, 4.69) is 33.7 Å². The van der Waals surface area contributed by atoms with Gasteiger partial charge in [-0.3, -0.25) is 5.10 Å². The monoisotopic (exact) mass is 229 g/mol. The molecule has 0 amide bonds. The van der Waals surface area contributed by atoms with Gasteiger partial charge >= 0.3 is 0 Å². The molecule has 0 saturated heterocycles. The van der Waals surface area contributed by atoms with Crippen molar-refractivity contribution in [1.82, 2.24) is 15.5 Å². The van der Waals surface area contributed by atoms with Crippen molar-refractivity contribution in [1.29, 1.82) is 0 Å². The zero-order chi connectivity index (χ0) is 11.7. The first-order valence-electron chi connectivity index (χ1n) is 5.82. The molecule has 1 aliphatic heterocycles. The van der Waals surface area contributed by atoms with Crippen LogP contribution in [0.3, 0.4) is 0 Å². The number of rotatable bonds is 3. The van der Waals surface area contributed by atoms with Gasteiger partial charge in [-0.1, -0.05) is 0 Å². The first kappa shape index (κ1) is 10.4. The van der Waals surface area contributed by atoms with E-state index in [0.29, 0.717) is 0 Å². The summed E-state index contributed by atoms with van der Waals surface area (Å²) in [6.07, 6.45) is 0.997. The third-order valence-electron chi connectivity index (χ3n) is 2.98. The van der Waals surface area contributed by atoms with Crippen molar-refractivity contribution in [3.8, 4) is 17.0 Å². The predicted molar refractivity (Wildman–Crippen MR) is 66.0 cm³/mol. The summed E-state index contributed by atoms with van der Waals surface area (Å²) < 4.78 is 5.49. The molecular formula is C13H15N3O. The van der Waals surface area contributed by atoms with Crippen LogP contribution in [0.2, 0.25) is 0 Å². The Kier molecular flexibility index (Phi) is 2.57. The number of benzene rings is 1. The van der Waals surface area contributed by atoms with Crippen LogP contribution < -0.4 is 10.1 Å². The number of hydrogen-bond donors (Lipinski definition) is 2.